The summed E-state index contributed by atoms with van der Waals surface area (Å²) in [6.45, 7) is 3.82. The zero-order valence-corrected chi connectivity index (χ0v) is 14.7. The number of halogens is 1. The molecule has 0 aliphatic rings. The van der Waals surface area contributed by atoms with Crippen LogP contribution < -0.4 is 16.4 Å². The van der Waals surface area contributed by atoms with Crippen LogP contribution in [0.1, 0.15) is 38.1 Å². The number of amides is 2. The van der Waals surface area contributed by atoms with Gasteiger partial charge in [-0.25, -0.2) is 4.39 Å². The third-order valence-electron chi connectivity index (χ3n) is 3.37. The summed E-state index contributed by atoms with van der Waals surface area (Å²) in [5.41, 5.74) is 6.97. The van der Waals surface area contributed by atoms with Gasteiger partial charge in [0.2, 0.25) is 0 Å². The fraction of sp³-hybridized carbons (Fsp3) is 0.188. The van der Waals surface area contributed by atoms with Gasteiger partial charge in [0.1, 0.15) is 10.8 Å². The minimum Gasteiger partial charge on any atom is -0.365 e. The number of benzene rings is 1. The quantitative estimate of drug-likeness (QED) is 0.727. The summed E-state index contributed by atoms with van der Waals surface area (Å²) in [5, 5.41) is 5.87. The number of nitrogens with one attached hydrogen (secondary N) is 2. The highest BCUT2D eigenvalue weighted by atomic mass is 32.1. The number of rotatable bonds is 4. The van der Waals surface area contributed by atoms with Crippen LogP contribution in [-0.4, -0.2) is 16.9 Å². The molecular formula is C16H16FN3O2S2. The van der Waals surface area contributed by atoms with Gasteiger partial charge in [-0.05, 0) is 55.4 Å². The van der Waals surface area contributed by atoms with E-state index >= 15 is 0 Å². The van der Waals surface area contributed by atoms with Crippen molar-refractivity contribution < 1.29 is 14.0 Å². The van der Waals surface area contributed by atoms with Crippen molar-refractivity contribution in [2.75, 3.05) is 5.32 Å². The fourth-order valence-electron chi connectivity index (χ4n) is 2.26. The molecule has 1 aromatic heterocycles. The maximum absolute atomic E-state index is 12.9. The number of thiophene rings is 1. The summed E-state index contributed by atoms with van der Waals surface area (Å²) in [6, 6.07) is 5.08. The number of hydrogen-bond donors (Lipinski definition) is 3. The number of hydrogen-bond acceptors (Lipinski definition) is 4. The van der Waals surface area contributed by atoms with E-state index in [0.717, 1.165) is 10.4 Å². The summed E-state index contributed by atoms with van der Waals surface area (Å²) >= 11 is 6.46. The lowest BCUT2D eigenvalue weighted by Gasteiger charge is -2.09. The second-order valence-electron chi connectivity index (χ2n) is 4.97. The molecule has 2 amide bonds. The number of anilines is 1. The first-order chi connectivity index (χ1) is 11.3. The van der Waals surface area contributed by atoms with Crippen LogP contribution in [-0.2, 0) is 6.42 Å². The Morgan fingerprint density at radius 3 is 2.46 bits per heavy atom. The first-order valence-corrected chi connectivity index (χ1v) is 8.36. The number of aryl methyl sites for hydroxylation is 1. The topological polar surface area (TPSA) is 84.2 Å². The lowest BCUT2D eigenvalue weighted by Crippen LogP contribution is -2.34. The molecule has 0 saturated heterocycles. The van der Waals surface area contributed by atoms with Crippen LogP contribution in [0.25, 0.3) is 0 Å². The molecule has 0 bridgehead atoms. The van der Waals surface area contributed by atoms with Crippen molar-refractivity contribution in [3.05, 3.63) is 51.7 Å². The molecule has 24 heavy (non-hydrogen) atoms. The standard InChI is InChI=1S/C16H16FN3O2S2/c1-3-11-8(2)24-15(12(11)13(18)21)20-16(23)19-14(22)9-4-6-10(17)7-5-9/h4-7H,3H2,1-2H3,(H2,18,21)(H2,19,20,22,23). The maximum atomic E-state index is 12.9. The lowest BCUT2D eigenvalue weighted by molar-refractivity contribution is 0.0975. The number of nitrogens with two attached hydrogens (primary N) is 1. The van der Waals surface area contributed by atoms with Gasteiger partial charge in [-0.1, -0.05) is 6.92 Å². The van der Waals surface area contributed by atoms with E-state index in [-0.39, 0.29) is 10.7 Å². The highest BCUT2D eigenvalue weighted by Gasteiger charge is 2.20. The highest BCUT2D eigenvalue weighted by Crippen LogP contribution is 2.33. The predicted molar refractivity (Wildman–Crippen MR) is 97.0 cm³/mol. The normalized spacial score (nSPS) is 10.3. The van der Waals surface area contributed by atoms with Gasteiger partial charge in [0.15, 0.2) is 5.11 Å². The van der Waals surface area contributed by atoms with Crippen LogP contribution in [0.2, 0.25) is 0 Å². The average molecular weight is 365 g/mol. The van der Waals surface area contributed by atoms with Crippen molar-refractivity contribution in [1.29, 1.82) is 0 Å². The molecule has 126 valence electrons. The fourth-order valence-corrected chi connectivity index (χ4v) is 3.68. The first kappa shape index (κ1) is 18.0. The minimum absolute atomic E-state index is 0.0377. The SMILES string of the molecule is CCc1c(C)sc(NC(=S)NC(=O)c2ccc(F)cc2)c1C(N)=O. The van der Waals surface area contributed by atoms with E-state index in [1.54, 1.807) is 0 Å². The van der Waals surface area contributed by atoms with Gasteiger partial charge in [0.25, 0.3) is 11.8 Å². The van der Waals surface area contributed by atoms with Crippen LogP contribution in [0.3, 0.4) is 0 Å². The molecule has 0 spiro atoms. The van der Waals surface area contributed by atoms with Gasteiger partial charge in [-0.15, -0.1) is 11.3 Å². The van der Waals surface area contributed by atoms with Crippen LogP contribution in [0, 0.1) is 12.7 Å². The molecule has 0 fully saturated rings. The summed E-state index contributed by atoms with van der Waals surface area (Å²) in [5.74, 6) is -1.46. The van der Waals surface area contributed by atoms with E-state index in [9.17, 15) is 14.0 Å². The number of carbonyl (C=O) groups is 2. The Hall–Kier alpha value is -2.32. The molecule has 0 saturated carbocycles. The maximum Gasteiger partial charge on any atom is 0.257 e. The van der Waals surface area contributed by atoms with Crippen molar-refractivity contribution in [3.63, 3.8) is 0 Å². The van der Waals surface area contributed by atoms with Gasteiger partial charge in [-0.2, -0.15) is 0 Å². The van der Waals surface area contributed by atoms with Crippen LogP contribution in [0.5, 0.6) is 0 Å². The molecule has 0 unspecified atom stereocenters. The van der Waals surface area contributed by atoms with Crippen molar-refractivity contribution in [2.45, 2.75) is 20.3 Å². The molecule has 2 aromatic rings. The van der Waals surface area contributed by atoms with Crippen LogP contribution in [0.4, 0.5) is 9.39 Å². The Bertz CT molecular complexity index is 800. The van der Waals surface area contributed by atoms with Crippen LogP contribution >= 0.6 is 23.6 Å². The molecule has 0 aliphatic carbocycles. The van der Waals surface area contributed by atoms with Crippen molar-refractivity contribution >= 4 is 45.5 Å². The molecule has 0 aliphatic heterocycles. The van der Waals surface area contributed by atoms with E-state index in [4.69, 9.17) is 18.0 Å². The van der Waals surface area contributed by atoms with Gasteiger partial charge < -0.3 is 11.1 Å². The zero-order valence-electron chi connectivity index (χ0n) is 13.1. The van der Waals surface area contributed by atoms with Crippen LogP contribution in [0.15, 0.2) is 24.3 Å². The Kier molecular flexibility index (Phi) is 5.63. The largest absolute Gasteiger partial charge is 0.365 e. The second kappa shape index (κ2) is 7.50. The van der Waals surface area contributed by atoms with Gasteiger partial charge in [0, 0.05) is 10.4 Å². The summed E-state index contributed by atoms with van der Waals surface area (Å²) in [4.78, 5) is 24.7. The Balaban J connectivity index is 2.14. The van der Waals surface area contributed by atoms with E-state index in [1.807, 2.05) is 13.8 Å². The monoisotopic (exact) mass is 365 g/mol. The molecule has 5 nitrogen and oxygen atoms in total. The third kappa shape index (κ3) is 3.95. The summed E-state index contributed by atoms with van der Waals surface area (Å²) in [6.07, 6.45) is 0.664. The van der Waals surface area contributed by atoms with Gasteiger partial charge >= 0.3 is 0 Å². The van der Waals surface area contributed by atoms with E-state index in [0.29, 0.717) is 17.0 Å². The van der Waals surface area contributed by atoms with Gasteiger partial charge in [0.05, 0.1) is 5.56 Å². The number of primary amides is 1. The average Bonchev–Trinajstić information content (AvgIpc) is 2.82. The smallest absolute Gasteiger partial charge is 0.257 e. The number of carbonyl (C=O) groups excluding carboxylic acids is 2. The second-order valence-corrected chi connectivity index (χ2v) is 6.61. The molecular weight excluding hydrogens is 349 g/mol. The van der Waals surface area contributed by atoms with E-state index < -0.39 is 17.6 Å². The molecule has 1 heterocycles. The summed E-state index contributed by atoms with van der Waals surface area (Å²) < 4.78 is 12.9. The predicted octanol–water partition coefficient (Wildman–Crippen LogP) is 2.98. The van der Waals surface area contributed by atoms with E-state index in [2.05, 4.69) is 10.6 Å². The molecule has 2 rings (SSSR count). The Morgan fingerprint density at radius 2 is 1.92 bits per heavy atom. The van der Waals surface area contributed by atoms with Gasteiger partial charge in [-0.3, -0.25) is 14.9 Å². The Labute approximate surface area is 148 Å². The minimum atomic E-state index is -0.550. The molecule has 0 atom stereocenters. The number of thiocarbonyl (C=S) groups is 1. The summed E-state index contributed by atoms with van der Waals surface area (Å²) in [7, 11) is 0. The first-order valence-electron chi connectivity index (χ1n) is 7.13. The Morgan fingerprint density at radius 1 is 1.29 bits per heavy atom. The molecule has 0 radical (unpaired) electrons. The highest BCUT2D eigenvalue weighted by molar-refractivity contribution is 7.80. The van der Waals surface area contributed by atoms with Crippen molar-refractivity contribution in [2.24, 2.45) is 5.73 Å². The molecule has 1 aromatic carbocycles. The lowest BCUT2D eigenvalue weighted by atomic mass is 10.1. The van der Waals surface area contributed by atoms with E-state index in [1.165, 1.54) is 35.6 Å². The zero-order chi connectivity index (χ0) is 17.9. The van der Waals surface area contributed by atoms with Crippen molar-refractivity contribution in [1.82, 2.24) is 5.32 Å². The third-order valence-corrected chi connectivity index (χ3v) is 4.64. The molecule has 4 N–H and O–H groups in total. The molecule has 8 heteroatoms. The van der Waals surface area contributed by atoms with Crippen molar-refractivity contribution in [3.8, 4) is 0 Å².